The maximum absolute atomic E-state index is 6.04. The number of aromatic nitrogens is 1. The zero-order valence-electron chi connectivity index (χ0n) is 11.8. The number of nitrogens with zero attached hydrogens (tertiary/aromatic N) is 2. The normalized spacial score (nSPS) is 25.8. The summed E-state index contributed by atoms with van der Waals surface area (Å²) in [6.45, 7) is 4.38. The third kappa shape index (κ3) is 2.83. The molecule has 0 saturated heterocycles. The van der Waals surface area contributed by atoms with Gasteiger partial charge in [-0.1, -0.05) is 25.8 Å². The van der Waals surface area contributed by atoms with Crippen molar-refractivity contribution >= 4 is 5.82 Å². The van der Waals surface area contributed by atoms with Gasteiger partial charge in [-0.3, -0.25) is 0 Å². The van der Waals surface area contributed by atoms with Crippen LogP contribution in [-0.4, -0.2) is 18.1 Å². The monoisotopic (exact) mass is 247 g/mol. The Morgan fingerprint density at radius 2 is 2.22 bits per heavy atom. The molecule has 0 amide bonds. The van der Waals surface area contributed by atoms with Gasteiger partial charge in [0, 0.05) is 30.9 Å². The van der Waals surface area contributed by atoms with Crippen LogP contribution in [-0.2, 0) is 0 Å². The molecule has 1 aromatic heterocycles. The summed E-state index contributed by atoms with van der Waals surface area (Å²) in [7, 11) is 2.16. The van der Waals surface area contributed by atoms with Gasteiger partial charge in [-0.15, -0.1) is 0 Å². The Morgan fingerprint density at radius 3 is 2.89 bits per heavy atom. The smallest absolute Gasteiger partial charge is 0.133 e. The van der Waals surface area contributed by atoms with Crippen molar-refractivity contribution in [3.63, 3.8) is 0 Å². The first kappa shape index (κ1) is 13.3. The van der Waals surface area contributed by atoms with Crippen molar-refractivity contribution in [3.05, 3.63) is 23.9 Å². The fourth-order valence-electron chi connectivity index (χ4n) is 2.99. The SMILES string of the molecule is CC1CCCC(N(C)c2ncccc2C(C)N)C1. The Hall–Kier alpha value is -1.09. The number of anilines is 1. The molecule has 3 atom stereocenters. The molecule has 1 aliphatic carbocycles. The van der Waals surface area contributed by atoms with Crippen LogP contribution in [0.1, 0.15) is 51.1 Å². The van der Waals surface area contributed by atoms with E-state index in [0.29, 0.717) is 6.04 Å². The van der Waals surface area contributed by atoms with Gasteiger partial charge in [0.05, 0.1) is 0 Å². The van der Waals surface area contributed by atoms with E-state index in [9.17, 15) is 0 Å². The van der Waals surface area contributed by atoms with Crippen LogP contribution in [0.15, 0.2) is 18.3 Å². The highest BCUT2D eigenvalue weighted by Gasteiger charge is 2.24. The first-order valence-electron chi connectivity index (χ1n) is 7.03. The number of hydrogen-bond donors (Lipinski definition) is 1. The van der Waals surface area contributed by atoms with E-state index >= 15 is 0 Å². The van der Waals surface area contributed by atoms with Crippen LogP contribution in [0.25, 0.3) is 0 Å². The topological polar surface area (TPSA) is 42.2 Å². The van der Waals surface area contributed by atoms with Gasteiger partial charge in [-0.25, -0.2) is 4.98 Å². The molecule has 1 aliphatic rings. The maximum Gasteiger partial charge on any atom is 0.133 e. The molecule has 0 aromatic carbocycles. The van der Waals surface area contributed by atoms with Crippen LogP contribution < -0.4 is 10.6 Å². The van der Waals surface area contributed by atoms with E-state index in [1.54, 1.807) is 0 Å². The minimum atomic E-state index is 0.0390. The summed E-state index contributed by atoms with van der Waals surface area (Å²) in [5.41, 5.74) is 7.19. The summed E-state index contributed by atoms with van der Waals surface area (Å²) in [5, 5.41) is 0. The second-order valence-corrected chi connectivity index (χ2v) is 5.74. The minimum Gasteiger partial charge on any atom is -0.356 e. The van der Waals surface area contributed by atoms with E-state index in [4.69, 9.17) is 5.73 Å². The summed E-state index contributed by atoms with van der Waals surface area (Å²) in [6, 6.07) is 4.72. The van der Waals surface area contributed by atoms with Crippen LogP contribution >= 0.6 is 0 Å². The molecule has 1 heterocycles. The van der Waals surface area contributed by atoms with Gasteiger partial charge in [0.2, 0.25) is 0 Å². The van der Waals surface area contributed by atoms with Crippen molar-refractivity contribution in [1.82, 2.24) is 4.98 Å². The van der Waals surface area contributed by atoms with Gasteiger partial charge in [-0.2, -0.15) is 0 Å². The van der Waals surface area contributed by atoms with Crippen LogP contribution in [0.2, 0.25) is 0 Å². The van der Waals surface area contributed by atoms with Crippen LogP contribution in [0.4, 0.5) is 5.82 Å². The van der Waals surface area contributed by atoms with Crippen molar-refractivity contribution in [2.75, 3.05) is 11.9 Å². The van der Waals surface area contributed by atoms with Crippen LogP contribution in [0.5, 0.6) is 0 Å². The maximum atomic E-state index is 6.04. The average Bonchev–Trinajstić information content (AvgIpc) is 2.38. The van der Waals surface area contributed by atoms with Crippen LogP contribution in [0, 0.1) is 5.92 Å². The second kappa shape index (κ2) is 5.70. The van der Waals surface area contributed by atoms with Gasteiger partial charge < -0.3 is 10.6 Å². The fourth-order valence-corrected chi connectivity index (χ4v) is 2.99. The third-order valence-corrected chi connectivity index (χ3v) is 4.10. The molecule has 2 N–H and O–H groups in total. The quantitative estimate of drug-likeness (QED) is 0.892. The number of pyridine rings is 1. The highest BCUT2D eigenvalue weighted by atomic mass is 15.2. The Balaban J connectivity index is 2.19. The van der Waals surface area contributed by atoms with Crippen molar-refractivity contribution in [2.45, 2.75) is 51.6 Å². The Kier molecular flexibility index (Phi) is 4.23. The number of nitrogens with two attached hydrogens (primary N) is 1. The predicted molar refractivity (Wildman–Crippen MR) is 76.7 cm³/mol. The van der Waals surface area contributed by atoms with Gasteiger partial charge in [0.25, 0.3) is 0 Å². The zero-order valence-corrected chi connectivity index (χ0v) is 11.8. The molecule has 0 aliphatic heterocycles. The molecule has 3 heteroatoms. The molecule has 1 fully saturated rings. The van der Waals surface area contributed by atoms with E-state index in [-0.39, 0.29) is 6.04 Å². The van der Waals surface area contributed by atoms with E-state index in [1.807, 2.05) is 19.2 Å². The lowest BCUT2D eigenvalue weighted by Gasteiger charge is -2.36. The predicted octanol–water partition coefficient (Wildman–Crippen LogP) is 3.12. The van der Waals surface area contributed by atoms with Crippen molar-refractivity contribution in [1.29, 1.82) is 0 Å². The molecule has 100 valence electrons. The molecule has 1 aromatic rings. The van der Waals surface area contributed by atoms with E-state index in [2.05, 4.69) is 29.9 Å². The standard InChI is InChI=1S/C15H25N3/c1-11-6-4-7-13(10-11)18(3)15-14(12(2)16)8-5-9-17-15/h5,8-9,11-13H,4,6-7,10,16H2,1-3H3. The highest BCUT2D eigenvalue weighted by molar-refractivity contribution is 5.48. The Labute approximate surface area is 110 Å². The molecular formula is C15H25N3. The summed E-state index contributed by atoms with van der Waals surface area (Å²) in [6.07, 6.45) is 7.11. The zero-order chi connectivity index (χ0) is 13.1. The second-order valence-electron chi connectivity index (χ2n) is 5.74. The Morgan fingerprint density at radius 1 is 1.44 bits per heavy atom. The van der Waals surface area contributed by atoms with Gasteiger partial charge >= 0.3 is 0 Å². The van der Waals surface area contributed by atoms with Crippen molar-refractivity contribution in [3.8, 4) is 0 Å². The van der Waals surface area contributed by atoms with Crippen molar-refractivity contribution in [2.24, 2.45) is 11.7 Å². The lowest BCUT2D eigenvalue weighted by Crippen LogP contribution is -2.37. The molecule has 0 spiro atoms. The van der Waals surface area contributed by atoms with Gasteiger partial charge in [-0.05, 0) is 31.7 Å². The van der Waals surface area contributed by atoms with Gasteiger partial charge in [0.15, 0.2) is 0 Å². The summed E-state index contributed by atoms with van der Waals surface area (Å²) in [4.78, 5) is 6.89. The number of hydrogen-bond acceptors (Lipinski definition) is 3. The van der Waals surface area contributed by atoms with E-state index in [1.165, 1.54) is 25.7 Å². The summed E-state index contributed by atoms with van der Waals surface area (Å²) >= 11 is 0. The first-order chi connectivity index (χ1) is 8.59. The number of rotatable bonds is 3. The molecule has 0 radical (unpaired) electrons. The van der Waals surface area contributed by atoms with Gasteiger partial charge in [0.1, 0.15) is 5.82 Å². The average molecular weight is 247 g/mol. The largest absolute Gasteiger partial charge is 0.356 e. The van der Waals surface area contributed by atoms with Crippen LogP contribution in [0.3, 0.4) is 0 Å². The molecule has 2 rings (SSSR count). The molecule has 0 bridgehead atoms. The Bertz CT molecular complexity index is 389. The molecule has 18 heavy (non-hydrogen) atoms. The van der Waals surface area contributed by atoms with E-state index in [0.717, 1.165) is 17.3 Å². The highest BCUT2D eigenvalue weighted by Crippen LogP contribution is 2.31. The summed E-state index contributed by atoms with van der Waals surface area (Å²) in [5.74, 6) is 1.89. The molecule has 3 unspecified atom stereocenters. The molecular weight excluding hydrogens is 222 g/mol. The first-order valence-corrected chi connectivity index (χ1v) is 7.03. The molecule has 3 nitrogen and oxygen atoms in total. The molecule has 1 saturated carbocycles. The third-order valence-electron chi connectivity index (χ3n) is 4.10. The van der Waals surface area contributed by atoms with E-state index < -0.39 is 0 Å². The lowest BCUT2D eigenvalue weighted by atomic mass is 9.86. The van der Waals surface area contributed by atoms with Crippen molar-refractivity contribution < 1.29 is 0 Å². The fraction of sp³-hybridized carbons (Fsp3) is 0.667. The summed E-state index contributed by atoms with van der Waals surface area (Å²) < 4.78 is 0. The minimum absolute atomic E-state index is 0.0390. The lowest BCUT2D eigenvalue weighted by molar-refractivity contribution is 0.335.